The molecule has 0 rings (SSSR count). The normalized spacial score (nSPS) is 15.9. The molecule has 0 aliphatic rings. The number of hydrogen-bond donors (Lipinski definition) is 1. The van der Waals surface area contributed by atoms with Crippen molar-refractivity contribution in [1.29, 1.82) is 0 Å². The molecule has 0 aromatic heterocycles. The minimum absolute atomic E-state index is 0. The van der Waals surface area contributed by atoms with Gasteiger partial charge >= 0.3 is 5.97 Å². The highest BCUT2D eigenvalue weighted by atomic mass is 16.6. The summed E-state index contributed by atoms with van der Waals surface area (Å²) in [5.74, 6) is -0.685. The summed E-state index contributed by atoms with van der Waals surface area (Å²) >= 11 is 0. The van der Waals surface area contributed by atoms with Crippen molar-refractivity contribution < 1.29 is 25.3 Å². The Morgan fingerprint density at radius 2 is 1.44 bits per heavy atom. The number of hydrogen-bond acceptors (Lipinski definition) is 6. The van der Waals surface area contributed by atoms with Crippen molar-refractivity contribution in [2.75, 3.05) is 28.3 Å². The fourth-order valence-corrected chi connectivity index (χ4v) is 4.38. The molecule has 36 heavy (non-hydrogen) atoms. The van der Waals surface area contributed by atoms with E-state index in [1.165, 1.54) is 0 Å². The van der Waals surface area contributed by atoms with Crippen molar-refractivity contribution in [1.82, 2.24) is 15.1 Å². The molecule has 5 atom stereocenters. The van der Waals surface area contributed by atoms with Crippen LogP contribution in [-0.2, 0) is 23.9 Å². The van der Waals surface area contributed by atoms with Crippen molar-refractivity contribution in [2.45, 2.75) is 119 Å². The van der Waals surface area contributed by atoms with Gasteiger partial charge in [-0.3, -0.25) is 19.3 Å². The maximum Gasteiger partial charge on any atom is 0.309 e. The molecule has 0 aliphatic heterocycles. The SMILES string of the molecule is CC.CC[C@H](C)[C@@H]([C@@H](CC(=O)OC(C)(C)C)OC)N(C)C(=O)[C@@H](NC(=O)[C@H](C(C)C)N(C)C)C(C)C.[HH]. The largest absolute Gasteiger partial charge is 0.460 e. The number of methoxy groups -OCH3 is 1. The van der Waals surface area contributed by atoms with Crippen LogP contribution in [0.3, 0.4) is 0 Å². The highest BCUT2D eigenvalue weighted by molar-refractivity contribution is 5.90. The van der Waals surface area contributed by atoms with E-state index in [0.717, 1.165) is 6.42 Å². The molecule has 216 valence electrons. The van der Waals surface area contributed by atoms with Gasteiger partial charge in [0.25, 0.3) is 0 Å². The Bertz CT molecular complexity index is 657. The summed E-state index contributed by atoms with van der Waals surface area (Å²) in [6.07, 6.45) is 0.299. The van der Waals surface area contributed by atoms with E-state index < -0.39 is 17.7 Å². The maximum atomic E-state index is 13.7. The number of nitrogens with zero attached hydrogens (tertiary/aromatic N) is 2. The Labute approximate surface area is 223 Å². The van der Waals surface area contributed by atoms with Crippen LogP contribution < -0.4 is 5.32 Å². The second-order valence-corrected chi connectivity index (χ2v) is 11.3. The average Bonchev–Trinajstić information content (AvgIpc) is 2.75. The van der Waals surface area contributed by atoms with Crippen molar-refractivity contribution in [2.24, 2.45) is 17.8 Å². The van der Waals surface area contributed by atoms with E-state index in [2.05, 4.69) is 5.32 Å². The number of amides is 2. The van der Waals surface area contributed by atoms with Gasteiger partial charge in [-0.1, -0.05) is 61.8 Å². The highest BCUT2D eigenvalue weighted by Gasteiger charge is 2.39. The van der Waals surface area contributed by atoms with E-state index >= 15 is 0 Å². The number of likely N-dealkylation sites (N-methyl/N-ethyl adjacent to an activating group) is 2. The highest BCUT2D eigenvalue weighted by Crippen LogP contribution is 2.24. The molecule has 0 radical (unpaired) electrons. The zero-order valence-corrected chi connectivity index (χ0v) is 25.9. The lowest BCUT2D eigenvalue weighted by Gasteiger charge is -2.40. The van der Waals surface area contributed by atoms with Crippen molar-refractivity contribution in [3.8, 4) is 0 Å². The van der Waals surface area contributed by atoms with Crippen molar-refractivity contribution >= 4 is 17.8 Å². The summed E-state index contributed by atoms with van der Waals surface area (Å²) in [5.41, 5.74) is -0.602. The summed E-state index contributed by atoms with van der Waals surface area (Å²) in [4.78, 5) is 42.9. The molecule has 0 aromatic rings. The molecule has 0 spiro atoms. The second-order valence-electron chi connectivity index (χ2n) is 11.3. The third kappa shape index (κ3) is 12.0. The number of esters is 1. The summed E-state index contributed by atoms with van der Waals surface area (Å²) in [6.45, 7) is 21.4. The molecule has 0 fully saturated rings. The van der Waals surface area contributed by atoms with E-state index in [1.807, 2.05) is 95.2 Å². The van der Waals surface area contributed by atoms with Crippen LogP contribution in [0, 0.1) is 17.8 Å². The van der Waals surface area contributed by atoms with Crippen LogP contribution in [0.15, 0.2) is 0 Å². The molecular weight excluding hydrogens is 458 g/mol. The van der Waals surface area contributed by atoms with Gasteiger partial charge in [-0.05, 0) is 52.6 Å². The number of ether oxygens (including phenoxy) is 2. The first-order chi connectivity index (χ1) is 16.5. The van der Waals surface area contributed by atoms with Crippen LogP contribution in [0.4, 0.5) is 0 Å². The zero-order chi connectivity index (χ0) is 29.0. The Balaban J connectivity index is -0.00000375. The molecule has 2 amide bonds. The summed E-state index contributed by atoms with van der Waals surface area (Å²) in [7, 11) is 7.01. The molecule has 0 unspecified atom stereocenters. The van der Waals surface area contributed by atoms with Crippen molar-refractivity contribution in [3.63, 3.8) is 0 Å². The first kappa shape index (κ1) is 36.5. The summed E-state index contributed by atoms with van der Waals surface area (Å²) in [5, 5.41) is 3.00. The number of nitrogens with one attached hydrogen (secondary N) is 1. The van der Waals surface area contributed by atoms with Gasteiger partial charge in [0.05, 0.1) is 24.6 Å². The smallest absolute Gasteiger partial charge is 0.309 e. The lowest BCUT2D eigenvalue weighted by molar-refractivity contribution is -0.161. The Morgan fingerprint density at radius 3 is 1.78 bits per heavy atom. The molecular formula is C28H59N3O5. The monoisotopic (exact) mass is 517 g/mol. The fourth-order valence-electron chi connectivity index (χ4n) is 4.38. The van der Waals surface area contributed by atoms with Crippen LogP contribution in [-0.4, -0.2) is 85.7 Å². The Hall–Kier alpha value is -1.67. The van der Waals surface area contributed by atoms with Crippen LogP contribution in [0.5, 0.6) is 0 Å². The fraction of sp³-hybridized carbons (Fsp3) is 0.893. The van der Waals surface area contributed by atoms with Crippen molar-refractivity contribution in [3.05, 3.63) is 0 Å². The Morgan fingerprint density at radius 1 is 0.944 bits per heavy atom. The van der Waals surface area contributed by atoms with E-state index in [-0.39, 0.29) is 55.5 Å². The lowest BCUT2D eigenvalue weighted by atomic mass is 9.90. The van der Waals surface area contributed by atoms with Gasteiger partial charge in [-0.2, -0.15) is 0 Å². The molecule has 8 nitrogen and oxygen atoms in total. The number of carbonyl (C=O) groups excluding carboxylic acids is 3. The molecule has 1 N–H and O–H groups in total. The number of rotatable bonds is 13. The lowest BCUT2D eigenvalue weighted by Crippen LogP contribution is -2.59. The molecule has 0 saturated carbocycles. The van der Waals surface area contributed by atoms with Crippen LogP contribution >= 0.6 is 0 Å². The summed E-state index contributed by atoms with van der Waals surface area (Å²) < 4.78 is 11.2. The molecule has 8 heteroatoms. The minimum atomic E-state index is -0.690. The van der Waals surface area contributed by atoms with Gasteiger partial charge < -0.3 is 19.7 Å². The van der Waals surface area contributed by atoms with Crippen LogP contribution in [0.1, 0.15) is 90.4 Å². The predicted molar refractivity (Wildman–Crippen MR) is 150 cm³/mol. The zero-order valence-electron chi connectivity index (χ0n) is 25.9. The minimum Gasteiger partial charge on any atom is -0.460 e. The standard InChI is InChI=1S/C26H51N3O5.C2H6.H2/c1-14-18(6)23(19(33-13)15-20(30)34-26(7,8)9)29(12)25(32)21(16(2)3)27-24(31)22(17(4)5)28(10)11;1-2;/h16-19,21-23H,14-15H2,1-13H3,(H,27,31);1-2H3;1H/t18-,19+,21-,22-,23-;;/m0../s1. The second kappa shape index (κ2) is 17.0. The summed E-state index contributed by atoms with van der Waals surface area (Å²) in [6, 6.07) is -1.39. The molecule has 0 heterocycles. The van der Waals surface area contributed by atoms with E-state index in [9.17, 15) is 14.4 Å². The van der Waals surface area contributed by atoms with Gasteiger partial charge in [0.2, 0.25) is 11.8 Å². The van der Waals surface area contributed by atoms with Crippen LogP contribution in [0.2, 0.25) is 0 Å². The van der Waals surface area contributed by atoms with Gasteiger partial charge in [0.15, 0.2) is 0 Å². The van der Waals surface area contributed by atoms with Gasteiger partial charge in [-0.25, -0.2) is 0 Å². The van der Waals surface area contributed by atoms with E-state index in [0.29, 0.717) is 0 Å². The van der Waals surface area contributed by atoms with Gasteiger partial charge in [0.1, 0.15) is 11.6 Å². The van der Waals surface area contributed by atoms with Gasteiger partial charge in [-0.15, -0.1) is 0 Å². The topological polar surface area (TPSA) is 88.2 Å². The first-order valence-electron chi connectivity index (χ1n) is 13.5. The average molecular weight is 518 g/mol. The number of carbonyl (C=O) groups is 3. The third-order valence-corrected chi connectivity index (χ3v) is 6.18. The third-order valence-electron chi connectivity index (χ3n) is 6.18. The molecule has 0 aliphatic carbocycles. The van der Waals surface area contributed by atoms with Gasteiger partial charge in [0, 0.05) is 15.6 Å². The van der Waals surface area contributed by atoms with E-state index in [1.54, 1.807) is 19.1 Å². The first-order valence-corrected chi connectivity index (χ1v) is 13.5. The molecule has 0 saturated heterocycles. The molecule has 0 aromatic carbocycles. The molecule has 0 bridgehead atoms. The quantitative estimate of drug-likeness (QED) is 0.359. The van der Waals surface area contributed by atoms with Crippen LogP contribution in [0.25, 0.3) is 0 Å². The predicted octanol–water partition coefficient (Wildman–Crippen LogP) is 4.61. The van der Waals surface area contributed by atoms with E-state index in [4.69, 9.17) is 9.47 Å². The maximum absolute atomic E-state index is 13.7. The Kier molecular flexibility index (Phi) is 17.2.